The lowest BCUT2D eigenvalue weighted by atomic mass is 9.89. The van der Waals surface area contributed by atoms with Crippen LogP contribution in [0.2, 0.25) is 5.15 Å². The van der Waals surface area contributed by atoms with Crippen LogP contribution < -0.4 is 16.8 Å². The maximum Gasteiger partial charge on any atom is 0.226 e. The van der Waals surface area contributed by atoms with Crippen LogP contribution in [-0.4, -0.2) is 64.6 Å². The quantitative estimate of drug-likeness (QED) is 0.125. The summed E-state index contributed by atoms with van der Waals surface area (Å²) in [7, 11) is 1.71. The largest absolute Gasteiger partial charge is 0.361 e. The summed E-state index contributed by atoms with van der Waals surface area (Å²) in [4.78, 5) is 53.9. The number of nitrogens with zero attached hydrogens (tertiary/aromatic N) is 2. The van der Waals surface area contributed by atoms with Gasteiger partial charge in [0.2, 0.25) is 5.91 Å². The van der Waals surface area contributed by atoms with E-state index in [9.17, 15) is 14.4 Å². The van der Waals surface area contributed by atoms with Gasteiger partial charge in [-0.2, -0.15) is 0 Å². The van der Waals surface area contributed by atoms with E-state index in [2.05, 4.69) is 21.4 Å². The maximum atomic E-state index is 14.4. The molecule has 9 nitrogen and oxygen atoms in total. The SMILES string of the molecule is CN1C(=O)[C@H](CCCCN)CC(=O)[C@H](CCCN)NCc2ccccc2Sc2cnc(Cl)cc2CCC(=O)[C@@H]1Cc1c[nH]c2ccccc12. The summed E-state index contributed by atoms with van der Waals surface area (Å²) in [6.45, 7) is 1.44. The topological polar surface area (TPSA) is 147 Å². The van der Waals surface area contributed by atoms with Gasteiger partial charge >= 0.3 is 0 Å². The molecule has 0 spiro atoms. The molecule has 0 saturated heterocycles. The number of unbranched alkanes of at least 4 members (excludes halogenated alkanes) is 1. The van der Waals surface area contributed by atoms with Gasteiger partial charge in [0.1, 0.15) is 5.15 Å². The smallest absolute Gasteiger partial charge is 0.226 e. The van der Waals surface area contributed by atoms with Gasteiger partial charge in [-0.05, 0) is 80.1 Å². The molecule has 4 aromatic rings. The van der Waals surface area contributed by atoms with Crippen molar-refractivity contribution in [2.24, 2.45) is 17.4 Å². The van der Waals surface area contributed by atoms with Gasteiger partial charge in [-0.3, -0.25) is 14.4 Å². The Hall–Kier alpha value is -3.54. The van der Waals surface area contributed by atoms with Gasteiger partial charge in [0.05, 0.1) is 12.1 Å². The number of benzene rings is 2. The van der Waals surface area contributed by atoms with E-state index in [1.54, 1.807) is 29.9 Å². The second-order valence-electron chi connectivity index (χ2n) is 12.8. The lowest BCUT2D eigenvalue weighted by molar-refractivity contribution is -0.143. The third-order valence-corrected chi connectivity index (χ3v) is 10.9. The third kappa shape index (κ3) is 9.58. The van der Waals surface area contributed by atoms with Crippen molar-refractivity contribution in [3.63, 3.8) is 0 Å². The zero-order valence-corrected chi connectivity index (χ0v) is 29.7. The molecule has 2 aromatic carbocycles. The average Bonchev–Trinajstić information content (AvgIpc) is 3.52. The lowest BCUT2D eigenvalue weighted by Gasteiger charge is -2.31. The summed E-state index contributed by atoms with van der Waals surface area (Å²) in [6.07, 6.45) is 7.97. The highest BCUT2D eigenvalue weighted by molar-refractivity contribution is 7.99. The van der Waals surface area contributed by atoms with Crippen molar-refractivity contribution in [1.29, 1.82) is 0 Å². The fourth-order valence-corrected chi connectivity index (χ4v) is 7.85. The van der Waals surface area contributed by atoms with Gasteiger partial charge < -0.3 is 26.7 Å². The van der Waals surface area contributed by atoms with Crippen LogP contribution in [0.25, 0.3) is 10.9 Å². The molecule has 11 heteroatoms. The number of H-pyrrole nitrogens is 1. The summed E-state index contributed by atoms with van der Waals surface area (Å²) >= 11 is 7.96. The number of carbonyl (C=O) groups is 3. The van der Waals surface area contributed by atoms with Crippen molar-refractivity contribution in [3.8, 4) is 0 Å². The number of rotatable bonds is 9. The Kier molecular flexibility index (Phi) is 13.4. The molecule has 49 heavy (non-hydrogen) atoms. The van der Waals surface area contributed by atoms with Crippen molar-refractivity contribution in [1.82, 2.24) is 20.2 Å². The number of carbonyl (C=O) groups excluding carboxylic acids is 3. The molecule has 0 aliphatic carbocycles. The van der Waals surface area contributed by atoms with Crippen LogP contribution in [0.15, 0.2) is 76.8 Å². The number of nitrogens with one attached hydrogen (secondary N) is 2. The number of aromatic nitrogens is 2. The molecule has 3 atom stereocenters. The molecule has 0 saturated carbocycles. The number of halogens is 1. The highest BCUT2D eigenvalue weighted by atomic mass is 35.5. The Bertz CT molecular complexity index is 1750. The molecular formula is C38H47ClN6O3S. The second kappa shape index (κ2) is 17.9. The fourth-order valence-electron chi connectivity index (χ4n) is 6.62. The number of Topliss-reactive ketones (excluding diaryl/α,β-unsaturated/α-hetero) is 2. The van der Waals surface area contributed by atoms with Crippen molar-refractivity contribution < 1.29 is 14.4 Å². The molecule has 0 radical (unpaired) electrons. The number of ketones is 2. The number of likely N-dealkylation sites (N-methyl/N-ethyl adjacent to an activating group) is 1. The first kappa shape index (κ1) is 36.7. The molecule has 6 N–H and O–H groups in total. The molecule has 3 heterocycles. The van der Waals surface area contributed by atoms with Crippen LogP contribution in [0.3, 0.4) is 0 Å². The fraction of sp³-hybridized carbons (Fsp3) is 0.421. The summed E-state index contributed by atoms with van der Waals surface area (Å²) in [6, 6.07) is 16.6. The maximum absolute atomic E-state index is 14.4. The third-order valence-electron chi connectivity index (χ3n) is 9.45. The Balaban J connectivity index is 1.55. The minimum atomic E-state index is -0.727. The number of nitrogens with two attached hydrogens (primary N) is 2. The summed E-state index contributed by atoms with van der Waals surface area (Å²) in [5.74, 6) is -0.844. The van der Waals surface area contributed by atoms with E-state index in [0.717, 1.165) is 43.8 Å². The first-order valence-electron chi connectivity index (χ1n) is 17.2. The molecule has 0 unspecified atom stereocenters. The first-order chi connectivity index (χ1) is 23.8. The number of amides is 1. The number of aryl methyl sites for hydroxylation is 1. The van der Waals surface area contributed by atoms with Gasteiger partial charge in [-0.1, -0.05) is 66.2 Å². The Morgan fingerprint density at radius 2 is 1.69 bits per heavy atom. The van der Waals surface area contributed by atoms with E-state index in [-0.39, 0.29) is 30.3 Å². The number of fused-ring (bicyclic) bond motifs is 3. The predicted octanol–water partition coefficient (Wildman–Crippen LogP) is 5.85. The molecule has 2 aromatic heterocycles. The minimum Gasteiger partial charge on any atom is -0.361 e. The van der Waals surface area contributed by atoms with Crippen molar-refractivity contribution in [2.45, 2.75) is 86.2 Å². The van der Waals surface area contributed by atoms with E-state index < -0.39 is 18.0 Å². The Morgan fingerprint density at radius 1 is 0.918 bits per heavy atom. The van der Waals surface area contributed by atoms with Crippen LogP contribution in [0.5, 0.6) is 0 Å². The van der Waals surface area contributed by atoms with Crippen molar-refractivity contribution in [2.75, 3.05) is 20.1 Å². The number of hydrogen-bond acceptors (Lipinski definition) is 8. The van der Waals surface area contributed by atoms with E-state index >= 15 is 0 Å². The van der Waals surface area contributed by atoms with E-state index in [1.165, 1.54) is 0 Å². The molecule has 1 amide bonds. The Labute approximate surface area is 297 Å². The summed E-state index contributed by atoms with van der Waals surface area (Å²) in [5, 5.41) is 4.88. The predicted molar refractivity (Wildman–Crippen MR) is 197 cm³/mol. The van der Waals surface area contributed by atoms with Crippen molar-refractivity contribution >= 4 is 51.7 Å². The molecule has 0 fully saturated rings. The van der Waals surface area contributed by atoms with Gasteiger partial charge in [0, 0.05) is 71.9 Å². The summed E-state index contributed by atoms with van der Waals surface area (Å²) < 4.78 is 0. The van der Waals surface area contributed by atoms with Crippen LogP contribution in [0.4, 0.5) is 0 Å². The van der Waals surface area contributed by atoms with Crippen LogP contribution in [-0.2, 0) is 33.8 Å². The number of para-hydroxylation sites is 1. The zero-order chi connectivity index (χ0) is 34.8. The second-order valence-corrected chi connectivity index (χ2v) is 14.3. The van der Waals surface area contributed by atoms with Crippen LogP contribution >= 0.6 is 23.4 Å². The van der Waals surface area contributed by atoms with Gasteiger partial charge in [0.25, 0.3) is 0 Å². The molecular weight excluding hydrogens is 656 g/mol. The normalized spacial score (nSPS) is 19.9. The van der Waals surface area contributed by atoms with Gasteiger partial charge in [0.15, 0.2) is 11.6 Å². The molecule has 260 valence electrons. The van der Waals surface area contributed by atoms with Gasteiger partial charge in [-0.25, -0.2) is 4.98 Å². The molecule has 1 aliphatic heterocycles. The van der Waals surface area contributed by atoms with E-state index in [0.29, 0.717) is 63.3 Å². The lowest BCUT2D eigenvalue weighted by Crippen LogP contribution is -2.47. The Morgan fingerprint density at radius 3 is 2.51 bits per heavy atom. The molecule has 1 aliphatic rings. The number of aromatic amines is 1. The first-order valence-corrected chi connectivity index (χ1v) is 18.4. The highest BCUT2D eigenvalue weighted by Gasteiger charge is 2.34. The minimum absolute atomic E-state index is 0.0221. The monoisotopic (exact) mass is 702 g/mol. The standard InChI is InChI=1S/C38H47ClN6O3S/c1-45-32(19-28-23-42-30-12-4-3-11-29(28)30)33(46)16-15-25-21-37(39)44-24-36(25)49-35-14-5-2-10-27(35)22-43-31(13-8-18-41)34(47)20-26(38(45)48)9-6-7-17-40/h2-5,10-12,14,21,23-24,26,31-32,42-43H,6-9,13,15-20,22,40-41H2,1H3/t26-,31+,32+/m1/s1. The summed E-state index contributed by atoms with van der Waals surface area (Å²) in [5.41, 5.74) is 15.6. The van der Waals surface area contributed by atoms with E-state index in [4.69, 9.17) is 23.1 Å². The van der Waals surface area contributed by atoms with Crippen LogP contribution in [0.1, 0.15) is 61.6 Å². The van der Waals surface area contributed by atoms with Gasteiger partial charge in [-0.15, -0.1) is 0 Å². The highest BCUT2D eigenvalue weighted by Crippen LogP contribution is 2.35. The number of pyridine rings is 1. The average molecular weight is 703 g/mol. The zero-order valence-electron chi connectivity index (χ0n) is 28.1. The molecule has 5 rings (SSSR count). The van der Waals surface area contributed by atoms with Crippen LogP contribution in [0, 0.1) is 5.92 Å². The van der Waals surface area contributed by atoms with E-state index in [1.807, 2.05) is 54.7 Å². The van der Waals surface area contributed by atoms with Crippen molar-refractivity contribution in [3.05, 3.63) is 88.8 Å². The number of hydrogen-bond donors (Lipinski definition) is 4. The molecule has 0 bridgehead atoms.